The van der Waals surface area contributed by atoms with E-state index in [0.29, 0.717) is 11.1 Å². The molecule has 2 rings (SSSR count). The summed E-state index contributed by atoms with van der Waals surface area (Å²) in [6, 6.07) is 10.6. The van der Waals surface area contributed by atoms with Crippen molar-refractivity contribution in [2.24, 2.45) is 0 Å². The molecule has 2 aromatic rings. The number of carbonyl (C=O) groups excluding carboxylic acids is 4. The summed E-state index contributed by atoms with van der Waals surface area (Å²) >= 11 is 0. The average molecular weight is 553 g/mol. The van der Waals surface area contributed by atoms with E-state index in [-0.39, 0.29) is 12.2 Å². The second kappa shape index (κ2) is 14.0. The van der Waals surface area contributed by atoms with E-state index in [1.165, 1.54) is 19.2 Å². The zero-order valence-corrected chi connectivity index (χ0v) is 23.6. The van der Waals surface area contributed by atoms with Gasteiger partial charge in [-0.25, -0.2) is 4.79 Å². The molecule has 214 valence electrons. The highest BCUT2D eigenvalue weighted by molar-refractivity contribution is 5.93. The number of nitrogens with zero attached hydrogens (tertiary/aromatic N) is 2. The first kappa shape index (κ1) is 31.6. The molecule has 3 amide bonds. The molecular weight excluding hydrogens is 516 g/mol. The van der Waals surface area contributed by atoms with Crippen molar-refractivity contribution < 1.29 is 33.8 Å². The van der Waals surface area contributed by atoms with Crippen molar-refractivity contribution in [1.29, 1.82) is 5.26 Å². The number of carbonyl (C=O) groups is 4. The minimum atomic E-state index is -1.31. The smallest absolute Gasteiger partial charge is 0.408 e. The Hall–Kier alpha value is -4.59. The molecule has 0 saturated heterocycles. The predicted octanol–water partition coefficient (Wildman–Crippen LogP) is 2.83. The number of esters is 1. The second-order valence-electron chi connectivity index (χ2n) is 10.2. The fraction of sp³-hybridized carbons (Fsp3) is 0.414. The Balaban J connectivity index is 2.55. The molecule has 0 radical (unpaired) electrons. The topological polar surface area (TPSA) is 158 Å². The number of hydrogen-bond acceptors (Lipinski definition) is 8. The van der Waals surface area contributed by atoms with Gasteiger partial charge in [-0.2, -0.15) is 5.26 Å². The van der Waals surface area contributed by atoms with Gasteiger partial charge < -0.3 is 30.1 Å². The van der Waals surface area contributed by atoms with Crippen LogP contribution in [0.2, 0.25) is 0 Å². The normalized spacial score (nSPS) is 12.3. The zero-order chi connectivity index (χ0) is 30.0. The summed E-state index contributed by atoms with van der Waals surface area (Å²) in [6.07, 6.45) is -0.886. The highest BCUT2D eigenvalue weighted by atomic mass is 16.6. The summed E-state index contributed by atoms with van der Waals surface area (Å²) in [5.74, 6) is -2.10. The molecule has 2 atom stereocenters. The molecule has 0 bridgehead atoms. The molecule has 11 heteroatoms. The van der Waals surface area contributed by atoms with Crippen LogP contribution in [0.25, 0.3) is 0 Å². The van der Waals surface area contributed by atoms with Crippen LogP contribution in [0.4, 0.5) is 4.79 Å². The maximum atomic E-state index is 14.1. The van der Waals surface area contributed by atoms with Crippen LogP contribution in [0.1, 0.15) is 49.1 Å². The number of amides is 3. The van der Waals surface area contributed by atoms with Crippen LogP contribution in [0, 0.1) is 25.2 Å². The second-order valence-corrected chi connectivity index (χ2v) is 10.2. The number of aromatic hydroxyl groups is 1. The lowest BCUT2D eigenvalue weighted by Crippen LogP contribution is -2.54. The fourth-order valence-corrected chi connectivity index (χ4v) is 3.83. The molecule has 11 nitrogen and oxygen atoms in total. The summed E-state index contributed by atoms with van der Waals surface area (Å²) in [4.78, 5) is 53.0. The van der Waals surface area contributed by atoms with Crippen molar-refractivity contribution in [2.75, 3.05) is 20.2 Å². The third kappa shape index (κ3) is 9.31. The molecule has 0 aliphatic carbocycles. The van der Waals surface area contributed by atoms with Gasteiger partial charge in [-0.15, -0.1) is 0 Å². The summed E-state index contributed by atoms with van der Waals surface area (Å²) in [5, 5.41) is 24.4. The molecular formula is C29H36N4O7. The lowest BCUT2D eigenvalue weighted by molar-refractivity contribution is -0.144. The van der Waals surface area contributed by atoms with Gasteiger partial charge in [-0.3, -0.25) is 14.4 Å². The third-order valence-corrected chi connectivity index (χ3v) is 5.93. The van der Waals surface area contributed by atoms with Crippen molar-refractivity contribution >= 4 is 23.9 Å². The molecule has 2 aromatic carbocycles. The monoisotopic (exact) mass is 552 g/mol. The van der Waals surface area contributed by atoms with Gasteiger partial charge in [0, 0.05) is 6.42 Å². The Kier molecular flexibility index (Phi) is 11.1. The number of nitriles is 1. The minimum absolute atomic E-state index is 0.0231. The van der Waals surface area contributed by atoms with Crippen LogP contribution in [0.5, 0.6) is 5.75 Å². The van der Waals surface area contributed by atoms with E-state index in [2.05, 4.69) is 15.4 Å². The summed E-state index contributed by atoms with van der Waals surface area (Å²) < 4.78 is 9.96. The number of ether oxygens (including phenoxy) is 2. The van der Waals surface area contributed by atoms with Gasteiger partial charge >= 0.3 is 12.1 Å². The molecule has 3 N–H and O–H groups in total. The summed E-state index contributed by atoms with van der Waals surface area (Å²) in [5.41, 5.74) is 1.96. The Bertz CT molecular complexity index is 1260. The third-order valence-electron chi connectivity index (χ3n) is 5.93. The van der Waals surface area contributed by atoms with Gasteiger partial charge in [-0.05, 0) is 69.0 Å². The molecule has 0 spiro atoms. The van der Waals surface area contributed by atoms with Gasteiger partial charge in [0.2, 0.25) is 11.8 Å². The van der Waals surface area contributed by atoms with Gasteiger partial charge in [0.25, 0.3) is 0 Å². The highest BCUT2D eigenvalue weighted by Gasteiger charge is 2.36. The molecule has 0 fully saturated rings. The number of aryl methyl sites for hydroxylation is 2. The Labute approximate surface area is 234 Å². The largest absolute Gasteiger partial charge is 0.508 e. The Morgan fingerprint density at radius 1 is 1.05 bits per heavy atom. The van der Waals surface area contributed by atoms with Crippen LogP contribution < -0.4 is 10.6 Å². The number of nitrogens with one attached hydrogen (secondary N) is 2. The Morgan fingerprint density at radius 2 is 1.70 bits per heavy atom. The van der Waals surface area contributed by atoms with Crippen LogP contribution in [-0.2, 0) is 30.3 Å². The maximum Gasteiger partial charge on any atom is 0.408 e. The molecule has 0 aliphatic heterocycles. The summed E-state index contributed by atoms with van der Waals surface area (Å²) in [6.45, 7) is 7.81. The molecule has 40 heavy (non-hydrogen) atoms. The number of hydrogen-bond donors (Lipinski definition) is 3. The predicted molar refractivity (Wildman–Crippen MR) is 146 cm³/mol. The van der Waals surface area contributed by atoms with E-state index in [1.807, 2.05) is 19.9 Å². The Morgan fingerprint density at radius 3 is 2.25 bits per heavy atom. The first-order valence-corrected chi connectivity index (χ1v) is 12.6. The number of benzene rings is 2. The lowest BCUT2D eigenvalue weighted by atomic mass is 9.97. The van der Waals surface area contributed by atoms with Crippen molar-refractivity contribution in [2.45, 2.75) is 58.7 Å². The zero-order valence-electron chi connectivity index (χ0n) is 23.6. The van der Waals surface area contributed by atoms with Crippen LogP contribution in [-0.4, -0.2) is 65.7 Å². The number of phenolic OH excluding ortho intramolecular Hbond substituents is 1. The lowest BCUT2D eigenvalue weighted by Gasteiger charge is -2.33. The molecule has 2 unspecified atom stereocenters. The number of rotatable bonds is 10. The standard InChI is InChI=1S/C29H36N4O7/c1-18-7-10-21(15-19(18)2)25(26(36)31-17-24(35)39-6)33(14-13-30)27(37)23(32-28(38)40-29(3,4)5)16-20-8-11-22(34)12-9-20/h7-12,15,23,25,34H,14,16-17H2,1-6H3,(H,31,36)(H,32,38). The SMILES string of the molecule is COC(=O)CNC(=O)C(c1ccc(C)c(C)c1)N(CC#N)C(=O)C(Cc1ccc(O)cc1)NC(=O)OC(C)(C)C. The van der Waals surface area contributed by atoms with Crippen molar-refractivity contribution in [3.05, 3.63) is 64.7 Å². The first-order chi connectivity index (χ1) is 18.7. The van der Waals surface area contributed by atoms with Gasteiger partial charge in [0.15, 0.2) is 0 Å². The van der Waals surface area contributed by atoms with Gasteiger partial charge in [0.1, 0.15) is 36.5 Å². The quantitative estimate of drug-likeness (QED) is 0.300. The van der Waals surface area contributed by atoms with Gasteiger partial charge in [-0.1, -0.05) is 30.3 Å². The van der Waals surface area contributed by atoms with E-state index >= 15 is 0 Å². The first-order valence-electron chi connectivity index (χ1n) is 12.6. The van der Waals surface area contributed by atoms with E-state index in [1.54, 1.807) is 51.1 Å². The van der Waals surface area contributed by atoms with E-state index in [9.17, 15) is 29.5 Å². The van der Waals surface area contributed by atoms with Crippen molar-refractivity contribution in [3.63, 3.8) is 0 Å². The molecule has 0 saturated carbocycles. The number of methoxy groups -OCH3 is 1. The summed E-state index contributed by atoms with van der Waals surface area (Å²) in [7, 11) is 1.18. The maximum absolute atomic E-state index is 14.1. The van der Waals surface area contributed by atoms with Crippen molar-refractivity contribution in [1.82, 2.24) is 15.5 Å². The van der Waals surface area contributed by atoms with Crippen LogP contribution >= 0.6 is 0 Å². The van der Waals surface area contributed by atoms with Gasteiger partial charge in [0.05, 0.1) is 13.2 Å². The number of alkyl carbamates (subject to hydrolysis) is 1. The average Bonchev–Trinajstić information content (AvgIpc) is 2.88. The molecule has 0 aromatic heterocycles. The molecule has 0 heterocycles. The minimum Gasteiger partial charge on any atom is -0.508 e. The van der Waals surface area contributed by atoms with E-state index < -0.39 is 54.7 Å². The van der Waals surface area contributed by atoms with Crippen molar-refractivity contribution in [3.8, 4) is 11.8 Å². The van der Waals surface area contributed by atoms with Crippen LogP contribution in [0.3, 0.4) is 0 Å². The number of phenols is 1. The molecule has 0 aliphatic rings. The highest BCUT2D eigenvalue weighted by Crippen LogP contribution is 2.25. The fourth-order valence-electron chi connectivity index (χ4n) is 3.83. The van der Waals surface area contributed by atoms with E-state index in [0.717, 1.165) is 16.0 Å². The van der Waals surface area contributed by atoms with E-state index in [4.69, 9.17) is 4.74 Å². The van der Waals surface area contributed by atoms with Crippen LogP contribution in [0.15, 0.2) is 42.5 Å².